The number of carbonyl (C=O) groups excluding carboxylic acids is 1. The van der Waals surface area contributed by atoms with Crippen molar-refractivity contribution in [3.05, 3.63) is 81.7 Å². The van der Waals surface area contributed by atoms with Gasteiger partial charge in [-0.25, -0.2) is 4.79 Å². The molecule has 0 radical (unpaired) electrons. The Morgan fingerprint density at radius 1 is 1.02 bits per heavy atom. The largest absolute Gasteiger partial charge is 0.497 e. The van der Waals surface area contributed by atoms with E-state index in [0.717, 1.165) is 49.5 Å². The number of amides is 1. The number of methoxy groups -OCH3 is 1. The highest BCUT2D eigenvalue weighted by Crippen LogP contribution is 2.38. The van der Waals surface area contributed by atoms with Gasteiger partial charge in [-0.05, 0) is 72.7 Å². The lowest BCUT2D eigenvalue weighted by molar-refractivity contribution is -0.122. The maximum atomic E-state index is 13.5. The smallest absolute Gasteiger partial charge is 0.335 e. The van der Waals surface area contributed by atoms with E-state index in [-0.39, 0.29) is 11.5 Å². The van der Waals surface area contributed by atoms with Crippen LogP contribution in [-0.2, 0) is 9.53 Å². The number of aromatic carboxylic acids is 1. The third-order valence-corrected chi connectivity index (χ3v) is 9.01. The zero-order chi connectivity index (χ0) is 31.8. The van der Waals surface area contributed by atoms with E-state index in [0.29, 0.717) is 57.7 Å². The van der Waals surface area contributed by atoms with Crippen LogP contribution in [-0.4, -0.2) is 90.8 Å². The summed E-state index contributed by atoms with van der Waals surface area (Å²) in [6.45, 7) is 5.16. The van der Waals surface area contributed by atoms with E-state index >= 15 is 0 Å². The first-order valence-electron chi connectivity index (χ1n) is 14.4. The topological polar surface area (TPSA) is 97.8 Å². The Kier molecular flexibility index (Phi) is 11.4. The molecule has 9 nitrogen and oxygen atoms in total. The van der Waals surface area contributed by atoms with Gasteiger partial charge in [0.05, 0.1) is 42.4 Å². The monoisotopic (exact) mass is 668 g/mol. The van der Waals surface area contributed by atoms with Gasteiger partial charge >= 0.3 is 5.97 Å². The van der Waals surface area contributed by atoms with Crippen molar-refractivity contribution in [1.82, 2.24) is 9.80 Å². The first-order chi connectivity index (χ1) is 21.8. The fourth-order valence-electron chi connectivity index (χ4n) is 4.87. The minimum absolute atomic E-state index is 0.178. The minimum atomic E-state index is -0.994. The van der Waals surface area contributed by atoms with Crippen LogP contribution < -0.4 is 14.2 Å². The number of carboxylic acid groups (broad SMARTS) is 1. The van der Waals surface area contributed by atoms with Gasteiger partial charge in [-0.3, -0.25) is 14.6 Å². The molecule has 236 valence electrons. The molecule has 0 bridgehead atoms. The van der Waals surface area contributed by atoms with Gasteiger partial charge < -0.3 is 24.1 Å². The Bertz CT molecular complexity index is 1580. The van der Waals surface area contributed by atoms with Crippen molar-refractivity contribution < 1.29 is 33.6 Å². The summed E-state index contributed by atoms with van der Waals surface area (Å²) in [5.41, 5.74) is 2.64. The molecule has 0 saturated carbocycles. The predicted octanol–water partition coefficient (Wildman–Crippen LogP) is 6.10. The van der Waals surface area contributed by atoms with Crippen molar-refractivity contribution in [1.29, 1.82) is 0 Å². The van der Waals surface area contributed by atoms with Crippen molar-refractivity contribution in [2.75, 3.05) is 59.7 Å². The van der Waals surface area contributed by atoms with E-state index in [2.05, 4.69) is 4.90 Å². The van der Waals surface area contributed by atoms with Crippen LogP contribution in [0.3, 0.4) is 0 Å². The number of thioether (sulfide) groups is 1. The Balaban J connectivity index is 1.29. The number of carboxylic acids is 1. The molecule has 0 aromatic heterocycles. The van der Waals surface area contributed by atoms with Crippen LogP contribution in [0, 0.1) is 0 Å². The summed E-state index contributed by atoms with van der Waals surface area (Å²) in [7, 11) is 1.59. The third kappa shape index (κ3) is 8.56. The first-order valence-corrected chi connectivity index (χ1v) is 16.0. The molecule has 2 fully saturated rings. The number of nitrogens with zero attached hydrogens (tertiary/aromatic N) is 2. The van der Waals surface area contributed by atoms with Crippen molar-refractivity contribution in [3.63, 3.8) is 0 Å². The fraction of sp³-hybridized carbons (Fsp3) is 0.303. The molecule has 0 unspecified atom stereocenters. The number of halogens is 1. The predicted molar refractivity (Wildman–Crippen MR) is 180 cm³/mol. The number of hydrogen-bond acceptors (Lipinski definition) is 9. The fourth-order valence-corrected chi connectivity index (χ4v) is 6.45. The second-order valence-electron chi connectivity index (χ2n) is 10.3. The first kappa shape index (κ1) is 32.8. The molecule has 2 aliphatic heterocycles. The molecular weight excluding hydrogens is 636 g/mol. The van der Waals surface area contributed by atoms with Crippen LogP contribution in [0.5, 0.6) is 17.2 Å². The van der Waals surface area contributed by atoms with Crippen molar-refractivity contribution >= 4 is 57.9 Å². The van der Waals surface area contributed by atoms with Crippen LogP contribution in [0.2, 0.25) is 5.02 Å². The molecule has 0 atom stereocenters. The van der Waals surface area contributed by atoms with Crippen molar-refractivity contribution in [3.8, 4) is 28.4 Å². The number of ether oxygens (including phenoxy) is 4. The Morgan fingerprint density at radius 3 is 2.49 bits per heavy atom. The molecule has 0 spiro atoms. The SMILES string of the molecule is COc1ccc(-c2ccc(OCCN3CCOCC3)c(C=C3SC(=S)N(CCCOc4ccc(C(=O)O)cc4)C3=O)c2)c(Cl)c1. The molecule has 3 aromatic rings. The molecule has 2 aliphatic rings. The van der Waals surface area contributed by atoms with Gasteiger partial charge in [-0.1, -0.05) is 41.6 Å². The molecule has 3 aromatic carbocycles. The van der Waals surface area contributed by atoms with Crippen LogP contribution >= 0.6 is 35.6 Å². The van der Waals surface area contributed by atoms with Gasteiger partial charge in [-0.15, -0.1) is 0 Å². The van der Waals surface area contributed by atoms with Crippen LogP contribution in [0.25, 0.3) is 17.2 Å². The van der Waals surface area contributed by atoms with E-state index in [9.17, 15) is 9.59 Å². The lowest BCUT2D eigenvalue weighted by atomic mass is 10.0. The second kappa shape index (κ2) is 15.6. The average molecular weight is 669 g/mol. The Hall–Kier alpha value is -3.61. The summed E-state index contributed by atoms with van der Waals surface area (Å²) in [4.78, 5) is 28.9. The molecule has 45 heavy (non-hydrogen) atoms. The molecule has 12 heteroatoms. The molecule has 1 amide bonds. The zero-order valence-corrected chi connectivity index (χ0v) is 27.1. The summed E-state index contributed by atoms with van der Waals surface area (Å²) < 4.78 is 23.2. The zero-order valence-electron chi connectivity index (χ0n) is 24.7. The van der Waals surface area contributed by atoms with Gasteiger partial charge in [-0.2, -0.15) is 0 Å². The standard InChI is InChI=1S/C33H33ClN2O7S2/c1-40-26-8-9-27(28(34)21-26)23-5-10-29(43-18-14-35-12-16-41-17-13-35)24(19-23)20-30-31(37)36(33(44)45-30)11-2-15-42-25-6-3-22(4-7-25)32(38)39/h3-10,19-21H,2,11-18H2,1H3,(H,38,39). The third-order valence-electron chi connectivity index (χ3n) is 7.32. The highest BCUT2D eigenvalue weighted by atomic mass is 35.5. The molecule has 1 N–H and O–H groups in total. The van der Waals surface area contributed by atoms with Gasteiger partial charge in [0, 0.05) is 37.3 Å². The summed E-state index contributed by atoms with van der Waals surface area (Å²) in [6.07, 6.45) is 2.37. The maximum Gasteiger partial charge on any atom is 0.335 e. The van der Waals surface area contributed by atoms with Gasteiger partial charge in [0.25, 0.3) is 5.91 Å². The quantitative estimate of drug-likeness (QED) is 0.131. The van der Waals surface area contributed by atoms with Crippen LogP contribution in [0.1, 0.15) is 22.3 Å². The van der Waals surface area contributed by atoms with E-state index in [4.69, 9.17) is 47.9 Å². The molecular formula is C33H33ClN2O7S2. The molecule has 5 rings (SSSR count). The Labute approximate surface area is 276 Å². The molecule has 0 aliphatic carbocycles. The summed E-state index contributed by atoms with van der Waals surface area (Å²) in [6, 6.07) is 17.5. The average Bonchev–Trinajstić information content (AvgIpc) is 3.31. The summed E-state index contributed by atoms with van der Waals surface area (Å²) in [5, 5.41) is 9.60. The minimum Gasteiger partial charge on any atom is -0.497 e. The van der Waals surface area contributed by atoms with Gasteiger partial charge in [0.15, 0.2) is 0 Å². The number of hydrogen-bond donors (Lipinski definition) is 1. The van der Waals surface area contributed by atoms with Crippen molar-refractivity contribution in [2.24, 2.45) is 0 Å². The van der Waals surface area contributed by atoms with E-state index in [1.807, 2.05) is 36.4 Å². The lowest BCUT2D eigenvalue weighted by Gasteiger charge is -2.26. The highest BCUT2D eigenvalue weighted by molar-refractivity contribution is 8.26. The number of rotatable bonds is 13. The molecule has 2 saturated heterocycles. The number of morpholine rings is 1. The summed E-state index contributed by atoms with van der Waals surface area (Å²) in [5.74, 6) is 0.708. The number of thiocarbonyl (C=S) groups is 1. The molecule has 2 heterocycles. The highest BCUT2D eigenvalue weighted by Gasteiger charge is 2.32. The van der Waals surface area contributed by atoms with Crippen LogP contribution in [0.4, 0.5) is 0 Å². The lowest BCUT2D eigenvalue weighted by Crippen LogP contribution is -2.38. The van der Waals surface area contributed by atoms with E-state index in [1.54, 1.807) is 30.2 Å². The summed E-state index contributed by atoms with van der Waals surface area (Å²) >= 11 is 13.4. The van der Waals surface area contributed by atoms with Crippen molar-refractivity contribution in [2.45, 2.75) is 6.42 Å². The number of benzene rings is 3. The van der Waals surface area contributed by atoms with E-state index < -0.39 is 5.97 Å². The Morgan fingerprint density at radius 2 is 1.78 bits per heavy atom. The van der Waals surface area contributed by atoms with E-state index in [1.165, 1.54) is 23.9 Å². The van der Waals surface area contributed by atoms with Gasteiger partial charge in [0.1, 0.15) is 28.2 Å². The van der Waals surface area contributed by atoms with Gasteiger partial charge in [0.2, 0.25) is 0 Å². The normalized spacial score (nSPS) is 16.3. The maximum absolute atomic E-state index is 13.5. The number of carbonyl (C=O) groups is 2. The second-order valence-corrected chi connectivity index (χ2v) is 12.3. The van der Waals surface area contributed by atoms with Crippen LogP contribution in [0.15, 0.2) is 65.6 Å².